The van der Waals surface area contributed by atoms with Crippen LogP contribution in [0.4, 0.5) is 0 Å². The van der Waals surface area contributed by atoms with Crippen LogP contribution in [0.2, 0.25) is 0 Å². The van der Waals surface area contributed by atoms with Crippen LogP contribution in [0.3, 0.4) is 0 Å². The zero-order valence-electron chi connectivity index (χ0n) is 13.6. The van der Waals surface area contributed by atoms with Gasteiger partial charge in [0.1, 0.15) is 6.10 Å². The summed E-state index contributed by atoms with van der Waals surface area (Å²) in [6.45, 7) is 4.40. The number of nitrogens with zero attached hydrogens (tertiary/aromatic N) is 3. The third-order valence-corrected chi connectivity index (χ3v) is 5.52. The Kier molecular flexibility index (Phi) is 4.05. The van der Waals surface area contributed by atoms with Crippen molar-refractivity contribution in [3.63, 3.8) is 0 Å². The van der Waals surface area contributed by atoms with Gasteiger partial charge < -0.3 is 9.64 Å². The van der Waals surface area contributed by atoms with Crippen molar-refractivity contribution in [3.05, 3.63) is 23.4 Å². The lowest BCUT2D eigenvalue weighted by Gasteiger charge is -2.25. The van der Waals surface area contributed by atoms with Gasteiger partial charge in [0.25, 0.3) is 0 Å². The van der Waals surface area contributed by atoms with E-state index in [2.05, 4.69) is 29.0 Å². The fourth-order valence-corrected chi connectivity index (χ4v) is 4.22. The van der Waals surface area contributed by atoms with Crippen LogP contribution in [-0.2, 0) is 13.0 Å². The largest absolute Gasteiger partial charge is 0.473 e. The van der Waals surface area contributed by atoms with Crippen molar-refractivity contribution in [1.82, 2.24) is 14.8 Å². The second-order valence-electron chi connectivity index (χ2n) is 7.20. The van der Waals surface area contributed by atoms with Gasteiger partial charge >= 0.3 is 0 Å². The average molecular weight is 301 g/mol. The average Bonchev–Trinajstić information content (AvgIpc) is 3.18. The molecule has 1 aromatic heterocycles. The highest BCUT2D eigenvalue weighted by Gasteiger charge is 2.31. The quantitative estimate of drug-likeness (QED) is 0.857. The number of rotatable bonds is 3. The first kappa shape index (κ1) is 14.5. The van der Waals surface area contributed by atoms with Gasteiger partial charge in [0.05, 0.1) is 5.69 Å². The Balaban J connectivity index is 1.37. The molecule has 4 heteroatoms. The second kappa shape index (κ2) is 6.17. The molecule has 0 aromatic carbocycles. The van der Waals surface area contributed by atoms with Crippen molar-refractivity contribution in [2.75, 3.05) is 26.7 Å². The van der Waals surface area contributed by atoms with Gasteiger partial charge in [-0.15, -0.1) is 0 Å². The summed E-state index contributed by atoms with van der Waals surface area (Å²) in [6.07, 6.45) is 8.12. The highest BCUT2D eigenvalue weighted by Crippen LogP contribution is 2.28. The lowest BCUT2D eigenvalue weighted by Crippen LogP contribution is -2.33. The molecular formula is C18H27N3O. The fraction of sp³-hybridized carbons (Fsp3) is 0.722. The molecule has 0 radical (unpaired) electrons. The minimum absolute atomic E-state index is 0.331. The summed E-state index contributed by atoms with van der Waals surface area (Å²) in [4.78, 5) is 9.76. The van der Waals surface area contributed by atoms with E-state index in [9.17, 15) is 0 Å². The number of hydrogen-bond donors (Lipinski definition) is 0. The molecule has 4 nitrogen and oxygen atoms in total. The molecule has 22 heavy (non-hydrogen) atoms. The number of pyridine rings is 1. The number of ether oxygens (including phenoxy) is 1. The molecular weight excluding hydrogens is 274 g/mol. The van der Waals surface area contributed by atoms with Crippen LogP contribution in [0.5, 0.6) is 5.88 Å². The summed E-state index contributed by atoms with van der Waals surface area (Å²) >= 11 is 0. The molecule has 0 spiro atoms. The van der Waals surface area contributed by atoms with Crippen molar-refractivity contribution in [1.29, 1.82) is 0 Å². The number of likely N-dealkylation sites (N-methyl/N-ethyl adjacent to an activating group) is 1. The molecule has 2 fully saturated rings. The summed E-state index contributed by atoms with van der Waals surface area (Å²) < 4.78 is 6.19. The molecule has 120 valence electrons. The van der Waals surface area contributed by atoms with E-state index in [4.69, 9.17) is 9.72 Å². The monoisotopic (exact) mass is 301 g/mol. The van der Waals surface area contributed by atoms with Crippen molar-refractivity contribution in [2.45, 2.75) is 57.2 Å². The number of fused-ring (bicyclic) bond motifs is 1. The molecule has 0 unspecified atom stereocenters. The Bertz CT molecular complexity index is 527. The molecule has 3 heterocycles. The summed E-state index contributed by atoms with van der Waals surface area (Å²) in [7, 11) is 2.17. The summed E-state index contributed by atoms with van der Waals surface area (Å²) in [5, 5.41) is 0. The zero-order valence-corrected chi connectivity index (χ0v) is 13.6. The molecule has 0 amide bonds. The van der Waals surface area contributed by atoms with Crippen molar-refractivity contribution >= 4 is 0 Å². The number of hydrogen-bond acceptors (Lipinski definition) is 4. The lowest BCUT2D eigenvalue weighted by atomic mass is 10.1. The topological polar surface area (TPSA) is 28.6 Å². The Hall–Kier alpha value is -1.13. The van der Waals surface area contributed by atoms with Gasteiger partial charge in [-0.1, -0.05) is 18.9 Å². The second-order valence-corrected chi connectivity index (χ2v) is 7.20. The standard InChI is InChI=1S/C18H27N3O/c1-20-10-9-17-14(12-20)6-7-18(19-17)22-16-8-11-21(13-16)15-4-2-3-5-15/h6-7,15-16H,2-5,8-13H2,1H3/t16-/m0/s1. The molecule has 1 saturated heterocycles. The molecule has 1 saturated carbocycles. The predicted molar refractivity (Wildman–Crippen MR) is 87.1 cm³/mol. The highest BCUT2D eigenvalue weighted by molar-refractivity contribution is 5.27. The SMILES string of the molecule is CN1CCc2nc(O[C@H]3CCN(C4CCCC4)C3)ccc2C1. The minimum Gasteiger partial charge on any atom is -0.473 e. The first-order valence-electron chi connectivity index (χ1n) is 8.86. The van der Waals surface area contributed by atoms with Gasteiger partial charge in [0.15, 0.2) is 0 Å². The van der Waals surface area contributed by atoms with E-state index >= 15 is 0 Å². The maximum absolute atomic E-state index is 6.19. The summed E-state index contributed by atoms with van der Waals surface area (Å²) in [6, 6.07) is 5.09. The maximum Gasteiger partial charge on any atom is 0.213 e. The molecule has 1 aromatic rings. The Morgan fingerprint density at radius 3 is 2.86 bits per heavy atom. The minimum atomic E-state index is 0.331. The van der Waals surface area contributed by atoms with Crippen molar-refractivity contribution in [2.24, 2.45) is 0 Å². The first-order valence-corrected chi connectivity index (χ1v) is 8.86. The van der Waals surface area contributed by atoms with Crippen LogP contribution in [0.1, 0.15) is 43.4 Å². The molecule has 2 aliphatic heterocycles. The number of likely N-dealkylation sites (tertiary alicyclic amines) is 1. The third-order valence-electron chi connectivity index (χ3n) is 5.52. The van der Waals surface area contributed by atoms with E-state index in [-0.39, 0.29) is 0 Å². The van der Waals surface area contributed by atoms with E-state index in [1.54, 1.807) is 0 Å². The van der Waals surface area contributed by atoms with Crippen LogP contribution >= 0.6 is 0 Å². The van der Waals surface area contributed by atoms with Crippen LogP contribution in [0, 0.1) is 0 Å². The zero-order chi connectivity index (χ0) is 14.9. The van der Waals surface area contributed by atoms with Gasteiger partial charge in [0, 0.05) is 44.7 Å². The fourth-order valence-electron chi connectivity index (χ4n) is 4.22. The van der Waals surface area contributed by atoms with Crippen LogP contribution < -0.4 is 4.74 Å². The maximum atomic E-state index is 6.19. The molecule has 4 rings (SSSR count). The smallest absolute Gasteiger partial charge is 0.213 e. The van der Waals surface area contributed by atoms with E-state index in [0.29, 0.717) is 6.10 Å². The van der Waals surface area contributed by atoms with Crippen molar-refractivity contribution < 1.29 is 4.74 Å². The van der Waals surface area contributed by atoms with Gasteiger partial charge in [-0.25, -0.2) is 4.98 Å². The molecule has 1 atom stereocenters. The molecule has 3 aliphatic rings. The Morgan fingerprint density at radius 2 is 2.00 bits per heavy atom. The summed E-state index contributed by atoms with van der Waals surface area (Å²) in [5.41, 5.74) is 2.60. The van der Waals surface area contributed by atoms with E-state index in [1.807, 2.05) is 0 Å². The highest BCUT2D eigenvalue weighted by atomic mass is 16.5. The number of aromatic nitrogens is 1. The van der Waals surface area contributed by atoms with Gasteiger partial charge in [-0.2, -0.15) is 0 Å². The van der Waals surface area contributed by atoms with Gasteiger partial charge in [-0.05, 0) is 31.9 Å². The van der Waals surface area contributed by atoms with E-state index < -0.39 is 0 Å². The molecule has 1 aliphatic carbocycles. The van der Waals surface area contributed by atoms with Crippen LogP contribution in [-0.4, -0.2) is 53.6 Å². The predicted octanol–water partition coefficient (Wildman–Crippen LogP) is 2.47. The van der Waals surface area contributed by atoms with Crippen molar-refractivity contribution in [3.8, 4) is 5.88 Å². The Morgan fingerprint density at radius 1 is 1.14 bits per heavy atom. The summed E-state index contributed by atoms with van der Waals surface area (Å²) in [5.74, 6) is 0.835. The first-order chi connectivity index (χ1) is 10.8. The molecule has 0 bridgehead atoms. The van der Waals surface area contributed by atoms with Crippen LogP contribution in [0.15, 0.2) is 12.1 Å². The molecule has 0 N–H and O–H groups in total. The Labute approximate surface area is 133 Å². The third kappa shape index (κ3) is 2.99. The van der Waals surface area contributed by atoms with E-state index in [1.165, 1.54) is 43.5 Å². The van der Waals surface area contributed by atoms with Gasteiger partial charge in [-0.3, -0.25) is 4.90 Å². The lowest BCUT2D eigenvalue weighted by molar-refractivity contribution is 0.172. The van der Waals surface area contributed by atoms with Crippen LogP contribution in [0.25, 0.3) is 0 Å². The van der Waals surface area contributed by atoms with Gasteiger partial charge in [0.2, 0.25) is 5.88 Å². The van der Waals surface area contributed by atoms with E-state index in [0.717, 1.165) is 44.4 Å². The normalized spacial score (nSPS) is 27.2.